The summed E-state index contributed by atoms with van der Waals surface area (Å²) in [7, 11) is 0. The van der Waals surface area contributed by atoms with Gasteiger partial charge in [0.1, 0.15) is 0 Å². The van der Waals surface area contributed by atoms with Crippen LogP contribution >= 0.6 is 24.8 Å². The molecule has 1 rings (SSSR count). The quantitative estimate of drug-likeness (QED) is 0.646. The predicted molar refractivity (Wildman–Crippen MR) is 43.9 cm³/mol. The monoisotopic (exact) mass is 182 g/mol. The Kier molecular flexibility index (Phi) is 6.20. The van der Waals surface area contributed by atoms with E-state index in [0.717, 1.165) is 0 Å². The predicted octanol–water partition coefficient (Wildman–Crippen LogP) is 1.26. The van der Waals surface area contributed by atoms with Crippen LogP contribution in [0.2, 0.25) is 0 Å². The minimum absolute atomic E-state index is 0. The Morgan fingerprint density at radius 2 is 1.60 bits per heavy atom. The SMILES string of the molecule is Cl.Cl.NC(=O)n1cccc1. The van der Waals surface area contributed by atoms with E-state index in [4.69, 9.17) is 5.73 Å². The first-order chi connectivity index (χ1) is 3.80. The standard InChI is InChI=1S/C5H6N2O.2ClH/c6-5(8)7-3-1-2-4-7;;/h1-4H,(H2,6,8);2*1H. The fourth-order valence-corrected chi connectivity index (χ4v) is 0.481. The first-order valence-electron chi connectivity index (χ1n) is 2.23. The van der Waals surface area contributed by atoms with Gasteiger partial charge in [-0.1, -0.05) is 0 Å². The summed E-state index contributed by atoms with van der Waals surface area (Å²) in [6, 6.07) is 3.03. The van der Waals surface area contributed by atoms with Gasteiger partial charge in [-0.05, 0) is 12.1 Å². The molecule has 5 heteroatoms. The Hall–Kier alpha value is -0.670. The smallest absolute Gasteiger partial charge is 0.322 e. The molecule has 1 aromatic heterocycles. The zero-order valence-corrected chi connectivity index (χ0v) is 6.69. The third-order valence-electron chi connectivity index (χ3n) is 0.859. The fraction of sp³-hybridized carbons (Fsp3) is 0. The van der Waals surface area contributed by atoms with E-state index in [2.05, 4.69) is 0 Å². The van der Waals surface area contributed by atoms with Crippen LogP contribution in [0.25, 0.3) is 0 Å². The molecule has 0 atom stereocenters. The molecule has 2 N–H and O–H groups in total. The minimum Gasteiger partial charge on any atom is -0.351 e. The van der Waals surface area contributed by atoms with Crippen molar-refractivity contribution in [1.82, 2.24) is 4.57 Å². The van der Waals surface area contributed by atoms with Gasteiger partial charge in [-0.3, -0.25) is 4.57 Å². The van der Waals surface area contributed by atoms with Gasteiger partial charge in [0, 0.05) is 12.4 Å². The summed E-state index contributed by atoms with van der Waals surface area (Å²) in [5, 5.41) is 0. The number of amides is 1. The van der Waals surface area contributed by atoms with Gasteiger partial charge in [0.2, 0.25) is 0 Å². The molecule has 0 saturated carbocycles. The van der Waals surface area contributed by atoms with Gasteiger partial charge < -0.3 is 5.73 Å². The summed E-state index contributed by atoms with van der Waals surface area (Å²) in [5.74, 6) is 0. The van der Waals surface area contributed by atoms with Gasteiger partial charge in [0.05, 0.1) is 0 Å². The molecule has 0 spiro atoms. The van der Waals surface area contributed by atoms with Crippen molar-refractivity contribution >= 4 is 30.8 Å². The van der Waals surface area contributed by atoms with Gasteiger partial charge in [-0.25, -0.2) is 4.79 Å². The first kappa shape index (κ1) is 12.0. The summed E-state index contributed by atoms with van der Waals surface area (Å²) in [6.45, 7) is 0. The molecule has 10 heavy (non-hydrogen) atoms. The molecular weight excluding hydrogens is 175 g/mol. The molecule has 0 bridgehead atoms. The first-order valence-corrected chi connectivity index (χ1v) is 2.23. The number of nitrogens with zero attached hydrogens (tertiary/aromatic N) is 1. The van der Waals surface area contributed by atoms with E-state index in [1.165, 1.54) is 4.57 Å². The maximum atomic E-state index is 10.2. The number of hydrogen-bond donors (Lipinski definition) is 1. The average Bonchev–Trinajstić information content (AvgIpc) is 2.12. The lowest BCUT2D eigenvalue weighted by Crippen LogP contribution is -2.16. The van der Waals surface area contributed by atoms with Crippen LogP contribution < -0.4 is 5.73 Å². The molecule has 3 nitrogen and oxygen atoms in total. The van der Waals surface area contributed by atoms with Gasteiger partial charge in [-0.2, -0.15) is 0 Å². The van der Waals surface area contributed by atoms with Crippen LogP contribution in [0.5, 0.6) is 0 Å². The molecule has 0 aromatic carbocycles. The average molecular weight is 183 g/mol. The van der Waals surface area contributed by atoms with Gasteiger partial charge in [-0.15, -0.1) is 24.8 Å². The van der Waals surface area contributed by atoms with Crippen LogP contribution in [0.1, 0.15) is 0 Å². The van der Waals surface area contributed by atoms with E-state index in [1.54, 1.807) is 24.5 Å². The number of carbonyl (C=O) groups is 1. The molecule has 1 aromatic rings. The number of primary amides is 1. The van der Waals surface area contributed by atoms with Crippen molar-refractivity contribution in [1.29, 1.82) is 0 Å². The minimum atomic E-state index is -0.449. The lowest BCUT2D eigenvalue weighted by Gasteiger charge is -1.88. The second-order valence-electron chi connectivity index (χ2n) is 1.43. The Labute approximate surface area is 71.0 Å². The normalized spacial score (nSPS) is 7.20. The summed E-state index contributed by atoms with van der Waals surface area (Å²) >= 11 is 0. The molecule has 58 valence electrons. The van der Waals surface area contributed by atoms with Crippen LogP contribution in [0.4, 0.5) is 4.79 Å². The molecule has 1 amide bonds. The third-order valence-corrected chi connectivity index (χ3v) is 0.859. The van der Waals surface area contributed by atoms with Crippen molar-refractivity contribution in [2.75, 3.05) is 0 Å². The molecule has 0 aliphatic rings. The highest BCUT2D eigenvalue weighted by atomic mass is 35.5. The second kappa shape index (κ2) is 5.14. The number of carbonyl (C=O) groups excluding carboxylic acids is 1. The van der Waals surface area contributed by atoms with Crippen molar-refractivity contribution in [3.8, 4) is 0 Å². The number of rotatable bonds is 0. The van der Waals surface area contributed by atoms with Crippen molar-refractivity contribution in [3.63, 3.8) is 0 Å². The highest BCUT2D eigenvalue weighted by molar-refractivity contribution is 5.85. The third kappa shape index (κ3) is 2.75. The van der Waals surface area contributed by atoms with Gasteiger partial charge in [0.15, 0.2) is 0 Å². The largest absolute Gasteiger partial charge is 0.351 e. The highest BCUT2D eigenvalue weighted by Crippen LogP contribution is 1.85. The Morgan fingerprint density at radius 1 is 1.20 bits per heavy atom. The summed E-state index contributed by atoms with van der Waals surface area (Å²) in [4.78, 5) is 10.2. The van der Waals surface area contributed by atoms with Crippen LogP contribution in [0, 0.1) is 0 Å². The van der Waals surface area contributed by atoms with E-state index < -0.39 is 6.03 Å². The molecular formula is C5H8Cl2N2O. The van der Waals surface area contributed by atoms with Crippen molar-refractivity contribution in [2.45, 2.75) is 0 Å². The Bertz CT molecular complexity index is 186. The molecule has 0 fully saturated rings. The number of halogens is 2. The summed E-state index contributed by atoms with van der Waals surface area (Å²) in [6.07, 6.45) is 3.20. The van der Waals surface area contributed by atoms with Crippen LogP contribution in [0.15, 0.2) is 24.5 Å². The lowest BCUT2D eigenvalue weighted by atomic mass is 10.7. The van der Waals surface area contributed by atoms with E-state index in [-0.39, 0.29) is 24.8 Å². The van der Waals surface area contributed by atoms with Crippen LogP contribution in [-0.4, -0.2) is 10.6 Å². The van der Waals surface area contributed by atoms with Gasteiger partial charge >= 0.3 is 6.03 Å². The Morgan fingerprint density at radius 3 is 1.80 bits per heavy atom. The maximum absolute atomic E-state index is 10.2. The van der Waals surface area contributed by atoms with Gasteiger partial charge in [0.25, 0.3) is 0 Å². The maximum Gasteiger partial charge on any atom is 0.322 e. The van der Waals surface area contributed by atoms with E-state index in [1.807, 2.05) is 0 Å². The Balaban J connectivity index is 0. The molecule has 1 heterocycles. The van der Waals surface area contributed by atoms with Crippen molar-refractivity contribution in [3.05, 3.63) is 24.5 Å². The molecule has 0 aliphatic heterocycles. The number of aromatic nitrogens is 1. The molecule has 0 radical (unpaired) electrons. The van der Waals surface area contributed by atoms with E-state index in [0.29, 0.717) is 0 Å². The molecule has 0 saturated heterocycles. The zero-order chi connectivity index (χ0) is 5.98. The lowest BCUT2D eigenvalue weighted by molar-refractivity contribution is 0.250. The topological polar surface area (TPSA) is 48.0 Å². The second-order valence-corrected chi connectivity index (χ2v) is 1.43. The van der Waals surface area contributed by atoms with Crippen molar-refractivity contribution in [2.24, 2.45) is 5.73 Å². The van der Waals surface area contributed by atoms with Crippen molar-refractivity contribution < 1.29 is 4.79 Å². The molecule has 0 aliphatic carbocycles. The van der Waals surface area contributed by atoms with E-state index >= 15 is 0 Å². The molecule has 0 unspecified atom stereocenters. The summed E-state index contributed by atoms with van der Waals surface area (Å²) < 4.78 is 1.31. The number of nitrogens with two attached hydrogens (primary N) is 1. The number of hydrogen-bond acceptors (Lipinski definition) is 1. The highest BCUT2D eigenvalue weighted by Gasteiger charge is 1.89. The van der Waals surface area contributed by atoms with Crippen LogP contribution in [0.3, 0.4) is 0 Å². The fourth-order valence-electron chi connectivity index (χ4n) is 0.481. The van der Waals surface area contributed by atoms with Crippen LogP contribution in [-0.2, 0) is 0 Å². The van der Waals surface area contributed by atoms with E-state index in [9.17, 15) is 4.79 Å². The summed E-state index contributed by atoms with van der Waals surface area (Å²) in [5.41, 5.74) is 4.88. The zero-order valence-electron chi connectivity index (χ0n) is 5.06.